The molecule has 0 aromatic heterocycles. The first-order chi connectivity index (χ1) is 11.1. The van der Waals surface area contributed by atoms with E-state index < -0.39 is 11.9 Å². The van der Waals surface area contributed by atoms with Crippen molar-refractivity contribution in [2.45, 2.75) is 31.9 Å². The van der Waals surface area contributed by atoms with E-state index in [1.807, 2.05) is 11.8 Å². The smallest absolute Gasteiger partial charge is 0.316 e. The number of hydrogen-bond donors (Lipinski definition) is 0. The Kier molecular flexibility index (Phi) is 6.96. The van der Waals surface area contributed by atoms with Crippen LogP contribution in [0.2, 0.25) is 0 Å². The van der Waals surface area contributed by atoms with E-state index in [-0.39, 0.29) is 11.7 Å². The minimum atomic E-state index is -0.648. The van der Waals surface area contributed by atoms with Crippen molar-refractivity contribution in [1.29, 1.82) is 0 Å². The highest BCUT2D eigenvalue weighted by molar-refractivity contribution is 7.99. The van der Waals surface area contributed by atoms with Gasteiger partial charge in [-0.2, -0.15) is 11.8 Å². The van der Waals surface area contributed by atoms with Gasteiger partial charge in [-0.15, -0.1) is 0 Å². The number of esters is 1. The lowest BCUT2D eigenvalue weighted by Crippen LogP contribution is -2.42. The third kappa shape index (κ3) is 4.73. The van der Waals surface area contributed by atoms with Gasteiger partial charge in [0.05, 0.1) is 20.3 Å². The van der Waals surface area contributed by atoms with E-state index in [1.54, 1.807) is 6.08 Å². The van der Waals surface area contributed by atoms with Crippen molar-refractivity contribution in [2.24, 2.45) is 11.8 Å². The van der Waals surface area contributed by atoms with E-state index in [9.17, 15) is 9.59 Å². The van der Waals surface area contributed by atoms with Crippen molar-refractivity contribution in [3.63, 3.8) is 0 Å². The van der Waals surface area contributed by atoms with Crippen LogP contribution in [0.1, 0.15) is 26.7 Å². The molecule has 0 bridgehead atoms. The summed E-state index contributed by atoms with van der Waals surface area (Å²) in [5.41, 5.74) is 1.05. The highest BCUT2D eigenvalue weighted by Gasteiger charge is 2.40. The fourth-order valence-corrected chi connectivity index (χ4v) is 4.39. The van der Waals surface area contributed by atoms with E-state index in [4.69, 9.17) is 9.47 Å². The molecule has 0 aromatic carbocycles. The number of carbonyl (C=O) groups is 2. The normalized spacial score (nSPS) is 26.7. The maximum Gasteiger partial charge on any atom is 0.316 e. The monoisotopic (exact) mass is 341 g/mol. The van der Waals surface area contributed by atoms with Crippen LogP contribution in [0, 0.1) is 11.8 Å². The molecule has 3 unspecified atom stereocenters. The van der Waals surface area contributed by atoms with Gasteiger partial charge in [-0.1, -0.05) is 13.8 Å². The van der Waals surface area contributed by atoms with E-state index >= 15 is 0 Å². The number of carbonyl (C=O) groups excluding carboxylic acids is 2. The second-order valence-corrected chi connectivity index (χ2v) is 7.82. The SMILES string of the molecule is CCSC(C)CC1CC(N2CCOCC2)=CC(=O)C1C(=O)OC. The quantitative estimate of drug-likeness (QED) is 0.545. The highest BCUT2D eigenvalue weighted by Crippen LogP contribution is 2.35. The molecular formula is C17H27NO4S. The van der Waals surface area contributed by atoms with Crippen LogP contribution >= 0.6 is 11.8 Å². The number of allylic oxidation sites excluding steroid dienone is 2. The minimum absolute atomic E-state index is 0.0202. The molecule has 2 aliphatic rings. The van der Waals surface area contributed by atoms with Gasteiger partial charge in [0.1, 0.15) is 5.92 Å². The Hall–Kier alpha value is -1.01. The summed E-state index contributed by atoms with van der Waals surface area (Å²) in [6.07, 6.45) is 3.27. The van der Waals surface area contributed by atoms with Gasteiger partial charge in [0.2, 0.25) is 0 Å². The molecule has 1 aliphatic heterocycles. The van der Waals surface area contributed by atoms with Gasteiger partial charge in [-0.05, 0) is 24.5 Å². The number of rotatable bonds is 6. The van der Waals surface area contributed by atoms with E-state index in [0.29, 0.717) is 18.5 Å². The Labute approximate surface area is 142 Å². The van der Waals surface area contributed by atoms with Crippen LogP contribution in [0.15, 0.2) is 11.8 Å². The van der Waals surface area contributed by atoms with Gasteiger partial charge in [-0.3, -0.25) is 9.59 Å². The van der Waals surface area contributed by atoms with Gasteiger partial charge in [0.15, 0.2) is 5.78 Å². The Balaban J connectivity index is 2.15. The Morgan fingerprint density at radius 2 is 2.17 bits per heavy atom. The third-order valence-corrected chi connectivity index (χ3v) is 5.61. The molecule has 6 heteroatoms. The first-order valence-electron chi connectivity index (χ1n) is 8.33. The zero-order chi connectivity index (χ0) is 16.8. The molecule has 1 aliphatic carbocycles. The molecule has 2 rings (SSSR count). The molecule has 1 saturated heterocycles. The number of hydrogen-bond acceptors (Lipinski definition) is 6. The molecule has 0 radical (unpaired) electrons. The predicted molar refractivity (Wildman–Crippen MR) is 91.3 cm³/mol. The van der Waals surface area contributed by atoms with Crippen LogP contribution in [-0.4, -0.2) is 61.1 Å². The van der Waals surface area contributed by atoms with Gasteiger partial charge >= 0.3 is 5.97 Å². The second kappa shape index (κ2) is 8.73. The van der Waals surface area contributed by atoms with Crippen LogP contribution in [0.25, 0.3) is 0 Å². The number of methoxy groups -OCH3 is 1. The Morgan fingerprint density at radius 3 is 2.78 bits per heavy atom. The fraction of sp³-hybridized carbons (Fsp3) is 0.765. The summed E-state index contributed by atoms with van der Waals surface area (Å²) < 4.78 is 10.3. The molecule has 23 heavy (non-hydrogen) atoms. The predicted octanol–water partition coefficient (Wildman–Crippen LogP) is 2.11. The van der Waals surface area contributed by atoms with Crippen LogP contribution in [0.5, 0.6) is 0 Å². The maximum absolute atomic E-state index is 12.6. The van der Waals surface area contributed by atoms with Crippen molar-refractivity contribution >= 4 is 23.5 Å². The summed E-state index contributed by atoms with van der Waals surface area (Å²) in [4.78, 5) is 26.9. The maximum atomic E-state index is 12.6. The topological polar surface area (TPSA) is 55.8 Å². The summed E-state index contributed by atoms with van der Waals surface area (Å²) >= 11 is 1.87. The molecule has 0 N–H and O–H groups in total. The zero-order valence-electron chi connectivity index (χ0n) is 14.2. The van der Waals surface area contributed by atoms with Crippen LogP contribution in [-0.2, 0) is 19.1 Å². The second-order valence-electron chi connectivity index (χ2n) is 6.10. The van der Waals surface area contributed by atoms with Crippen LogP contribution in [0.3, 0.4) is 0 Å². The van der Waals surface area contributed by atoms with E-state index in [2.05, 4.69) is 18.7 Å². The Morgan fingerprint density at radius 1 is 1.48 bits per heavy atom. The van der Waals surface area contributed by atoms with E-state index in [0.717, 1.165) is 37.4 Å². The highest BCUT2D eigenvalue weighted by atomic mass is 32.2. The van der Waals surface area contributed by atoms with Crippen molar-refractivity contribution in [2.75, 3.05) is 39.2 Å². The average molecular weight is 341 g/mol. The van der Waals surface area contributed by atoms with Crippen LogP contribution < -0.4 is 0 Å². The van der Waals surface area contributed by atoms with Crippen LogP contribution in [0.4, 0.5) is 0 Å². The van der Waals surface area contributed by atoms with Crippen molar-refractivity contribution < 1.29 is 19.1 Å². The molecule has 130 valence electrons. The van der Waals surface area contributed by atoms with E-state index in [1.165, 1.54) is 7.11 Å². The number of morpholine rings is 1. The average Bonchev–Trinajstić information content (AvgIpc) is 2.55. The molecule has 0 amide bonds. The molecule has 5 nitrogen and oxygen atoms in total. The van der Waals surface area contributed by atoms with Crippen molar-refractivity contribution in [3.05, 3.63) is 11.8 Å². The number of ether oxygens (including phenoxy) is 2. The molecular weight excluding hydrogens is 314 g/mol. The van der Waals surface area contributed by atoms with Crippen molar-refractivity contribution in [3.8, 4) is 0 Å². The molecule has 1 fully saturated rings. The largest absolute Gasteiger partial charge is 0.468 e. The first kappa shape index (κ1) is 18.3. The fourth-order valence-electron chi connectivity index (χ4n) is 3.44. The third-order valence-electron chi connectivity index (χ3n) is 4.52. The minimum Gasteiger partial charge on any atom is -0.468 e. The lowest BCUT2D eigenvalue weighted by atomic mass is 9.77. The van der Waals surface area contributed by atoms with Gasteiger partial charge in [-0.25, -0.2) is 0 Å². The summed E-state index contributed by atoms with van der Waals surface area (Å²) in [5.74, 6) is -0.0949. The molecule has 3 atom stereocenters. The van der Waals surface area contributed by atoms with Gasteiger partial charge < -0.3 is 14.4 Å². The van der Waals surface area contributed by atoms with Crippen molar-refractivity contribution in [1.82, 2.24) is 4.90 Å². The summed E-state index contributed by atoms with van der Waals surface area (Å²) in [6, 6.07) is 0. The molecule has 1 heterocycles. The molecule has 0 spiro atoms. The van der Waals surface area contributed by atoms with Gasteiger partial charge in [0.25, 0.3) is 0 Å². The Bertz CT molecular complexity index is 460. The summed E-state index contributed by atoms with van der Waals surface area (Å²) in [6.45, 7) is 7.31. The number of ketones is 1. The molecule has 0 aromatic rings. The first-order valence-corrected chi connectivity index (χ1v) is 9.38. The summed E-state index contributed by atoms with van der Waals surface area (Å²) in [7, 11) is 1.36. The zero-order valence-corrected chi connectivity index (χ0v) is 15.1. The number of thioether (sulfide) groups is 1. The standard InChI is InChI=1S/C17H27NO4S/c1-4-23-12(2)9-13-10-14(18-5-7-22-8-6-18)11-15(19)16(13)17(20)21-3/h11-13,16H,4-10H2,1-3H3. The lowest BCUT2D eigenvalue weighted by molar-refractivity contribution is -0.151. The molecule has 0 saturated carbocycles. The van der Waals surface area contributed by atoms with Gasteiger partial charge in [0, 0.05) is 30.1 Å². The summed E-state index contributed by atoms with van der Waals surface area (Å²) in [5, 5.41) is 0.425. The lowest BCUT2D eigenvalue weighted by Gasteiger charge is -2.37. The number of nitrogens with zero attached hydrogens (tertiary/aromatic N) is 1.